The van der Waals surface area contributed by atoms with Crippen LogP contribution in [0.15, 0.2) is 35.1 Å². The third kappa shape index (κ3) is 3.76. The molecule has 0 unspecified atom stereocenters. The highest BCUT2D eigenvalue weighted by molar-refractivity contribution is 5.76. The van der Waals surface area contributed by atoms with Gasteiger partial charge in [0.1, 0.15) is 0 Å². The minimum atomic E-state index is -0.0978. The van der Waals surface area contributed by atoms with Crippen molar-refractivity contribution >= 4 is 23.1 Å². The molecule has 2 aromatic heterocycles. The number of piperazine rings is 1. The number of rotatable bonds is 5. The summed E-state index contributed by atoms with van der Waals surface area (Å²) < 4.78 is 3.64. The van der Waals surface area contributed by atoms with Crippen molar-refractivity contribution in [3.63, 3.8) is 0 Å². The second-order valence-corrected chi connectivity index (χ2v) is 7.52. The molecule has 30 heavy (non-hydrogen) atoms. The SMILES string of the molecule is CC#CCn1c(N2CCNCC2)nc2nc(N(C)C)n(Cc3ccccc3)c(=O)c21. The molecule has 1 N–H and O–H groups in total. The molecule has 0 aliphatic carbocycles. The summed E-state index contributed by atoms with van der Waals surface area (Å²) in [5, 5.41) is 3.36. The van der Waals surface area contributed by atoms with E-state index in [0.29, 0.717) is 30.2 Å². The van der Waals surface area contributed by atoms with Crippen molar-refractivity contribution in [3.05, 3.63) is 46.2 Å². The summed E-state index contributed by atoms with van der Waals surface area (Å²) in [4.78, 5) is 27.3. The van der Waals surface area contributed by atoms with Gasteiger partial charge in [-0.25, -0.2) is 0 Å². The first-order chi connectivity index (χ1) is 14.6. The lowest BCUT2D eigenvalue weighted by atomic mass is 10.2. The van der Waals surface area contributed by atoms with Gasteiger partial charge in [0, 0.05) is 40.3 Å². The molecule has 0 bridgehead atoms. The van der Waals surface area contributed by atoms with Gasteiger partial charge in [-0.05, 0) is 12.5 Å². The molecular formula is C22H27N7O. The minimum absolute atomic E-state index is 0.0978. The molecule has 1 fully saturated rings. The highest BCUT2D eigenvalue weighted by Gasteiger charge is 2.24. The number of imidazole rings is 1. The molecule has 0 spiro atoms. The van der Waals surface area contributed by atoms with Gasteiger partial charge in [0.2, 0.25) is 11.9 Å². The largest absolute Gasteiger partial charge is 0.348 e. The second-order valence-electron chi connectivity index (χ2n) is 7.52. The van der Waals surface area contributed by atoms with Gasteiger partial charge in [0.15, 0.2) is 11.2 Å². The Labute approximate surface area is 176 Å². The van der Waals surface area contributed by atoms with Crippen molar-refractivity contribution in [2.24, 2.45) is 0 Å². The summed E-state index contributed by atoms with van der Waals surface area (Å²) in [6, 6.07) is 9.96. The van der Waals surface area contributed by atoms with Gasteiger partial charge >= 0.3 is 0 Å². The summed E-state index contributed by atoms with van der Waals surface area (Å²) in [7, 11) is 3.79. The number of anilines is 2. The number of nitrogens with one attached hydrogen (secondary N) is 1. The quantitative estimate of drug-likeness (QED) is 0.642. The van der Waals surface area contributed by atoms with Crippen molar-refractivity contribution in [3.8, 4) is 11.8 Å². The summed E-state index contributed by atoms with van der Waals surface area (Å²) in [5.41, 5.74) is 1.93. The van der Waals surface area contributed by atoms with Crippen LogP contribution in [-0.4, -0.2) is 59.4 Å². The highest BCUT2D eigenvalue weighted by atomic mass is 16.1. The third-order valence-corrected chi connectivity index (χ3v) is 5.22. The van der Waals surface area contributed by atoms with Crippen molar-refractivity contribution < 1.29 is 0 Å². The first kappa shape index (κ1) is 20.0. The van der Waals surface area contributed by atoms with Crippen LogP contribution in [0.4, 0.5) is 11.9 Å². The average Bonchev–Trinajstić information content (AvgIpc) is 3.14. The molecule has 0 radical (unpaired) electrons. The summed E-state index contributed by atoms with van der Waals surface area (Å²) in [6.45, 7) is 6.11. The number of hydrogen-bond donors (Lipinski definition) is 1. The highest BCUT2D eigenvalue weighted by Crippen LogP contribution is 2.22. The zero-order valence-corrected chi connectivity index (χ0v) is 17.7. The molecule has 4 rings (SSSR count). The Balaban J connectivity index is 1.92. The number of aromatic nitrogens is 4. The van der Waals surface area contributed by atoms with Gasteiger partial charge in [-0.15, -0.1) is 5.92 Å². The topological polar surface area (TPSA) is 71.2 Å². The lowest BCUT2D eigenvalue weighted by Gasteiger charge is -2.28. The number of nitrogens with zero attached hydrogens (tertiary/aromatic N) is 6. The number of benzene rings is 1. The average molecular weight is 406 g/mol. The van der Waals surface area contributed by atoms with Crippen LogP contribution in [0.2, 0.25) is 0 Å². The molecule has 1 saturated heterocycles. The Bertz CT molecular complexity index is 1150. The molecule has 0 atom stereocenters. The minimum Gasteiger partial charge on any atom is -0.348 e. The fraction of sp³-hybridized carbons (Fsp3) is 0.409. The van der Waals surface area contributed by atoms with E-state index < -0.39 is 0 Å². The summed E-state index contributed by atoms with van der Waals surface area (Å²) in [6.07, 6.45) is 0. The van der Waals surface area contributed by atoms with Gasteiger partial charge in [0.05, 0.1) is 13.1 Å². The zero-order valence-electron chi connectivity index (χ0n) is 17.7. The van der Waals surface area contributed by atoms with Gasteiger partial charge < -0.3 is 15.1 Å². The third-order valence-electron chi connectivity index (χ3n) is 5.22. The zero-order chi connectivity index (χ0) is 21.1. The maximum atomic E-state index is 13.7. The molecule has 1 aliphatic rings. The van der Waals surface area contributed by atoms with Gasteiger partial charge in [-0.2, -0.15) is 9.97 Å². The van der Waals surface area contributed by atoms with Crippen molar-refractivity contribution in [2.45, 2.75) is 20.0 Å². The van der Waals surface area contributed by atoms with Gasteiger partial charge in [0.25, 0.3) is 5.56 Å². The van der Waals surface area contributed by atoms with Crippen LogP contribution in [0.25, 0.3) is 11.2 Å². The molecule has 0 amide bonds. The van der Waals surface area contributed by atoms with Gasteiger partial charge in [-0.1, -0.05) is 36.3 Å². The Hall–Kier alpha value is -3.31. The second kappa shape index (κ2) is 8.59. The normalized spacial score (nSPS) is 13.9. The first-order valence-corrected chi connectivity index (χ1v) is 10.2. The maximum absolute atomic E-state index is 13.7. The van der Waals surface area contributed by atoms with Crippen LogP contribution >= 0.6 is 0 Å². The predicted octanol–water partition coefficient (Wildman–Crippen LogP) is 1.14. The lowest BCUT2D eigenvalue weighted by molar-refractivity contribution is 0.572. The van der Waals surface area contributed by atoms with E-state index in [2.05, 4.69) is 22.1 Å². The van der Waals surface area contributed by atoms with Crippen molar-refractivity contribution in [2.75, 3.05) is 50.1 Å². The molecule has 3 aromatic rings. The maximum Gasteiger partial charge on any atom is 0.281 e. The molecule has 3 heterocycles. The van der Waals surface area contributed by atoms with Crippen LogP contribution in [0.3, 0.4) is 0 Å². The van der Waals surface area contributed by atoms with Crippen LogP contribution in [0, 0.1) is 11.8 Å². The number of hydrogen-bond acceptors (Lipinski definition) is 6. The van der Waals surface area contributed by atoms with Crippen molar-refractivity contribution in [1.82, 2.24) is 24.4 Å². The summed E-state index contributed by atoms with van der Waals surface area (Å²) >= 11 is 0. The van der Waals surface area contributed by atoms with E-state index in [4.69, 9.17) is 9.97 Å². The van der Waals surface area contributed by atoms with E-state index in [1.54, 1.807) is 11.5 Å². The van der Waals surface area contributed by atoms with Crippen LogP contribution < -0.4 is 20.7 Å². The van der Waals surface area contributed by atoms with Crippen LogP contribution in [-0.2, 0) is 13.1 Å². The van der Waals surface area contributed by atoms with E-state index in [1.807, 2.05) is 53.9 Å². The standard InChI is InChI=1S/C22H27N7O/c1-4-5-13-28-18-19(25-22(28)27-14-11-23-12-15-27)24-21(26(2)3)29(20(18)30)16-17-9-7-6-8-10-17/h6-10,23H,11-16H2,1-3H3. The fourth-order valence-electron chi connectivity index (χ4n) is 3.76. The Morgan fingerprint density at radius 1 is 1.10 bits per heavy atom. The van der Waals surface area contributed by atoms with E-state index in [9.17, 15) is 4.79 Å². The van der Waals surface area contributed by atoms with Crippen LogP contribution in [0.5, 0.6) is 0 Å². The smallest absolute Gasteiger partial charge is 0.281 e. The molecule has 8 heteroatoms. The van der Waals surface area contributed by atoms with E-state index >= 15 is 0 Å². The molecular weight excluding hydrogens is 378 g/mol. The molecule has 1 aliphatic heterocycles. The fourth-order valence-corrected chi connectivity index (χ4v) is 3.76. The monoisotopic (exact) mass is 405 g/mol. The molecule has 156 valence electrons. The Kier molecular flexibility index (Phi) is 5.72. The van der Waals surface area contributed by atoms with Gasteiger partial charge in [-0.3, -0.25) is 13.9 Å². The van der Waals surface area contributed by atoms with E-state index in [1.165, 1.54) is 0 Å². The first-order valence-electron chi connectivity index (χ1n) is 10.2. The van der Waals surface area contributed by atoms with Crippen molar-refractivity contribution in [1.29, 1.82) is 0 Å². The van der Waals surface area contributed by atoms with E-state index in [-0.39, 0.29) is 5.56 Å². The van der Waals surface area contributed by atoms with E-state index in [0.717, 1.165) is 37.7 Å². The lowest BCUT2D eigenvalue weighted by Crippen LogP contribution is -2.44. The Morgan fingerprint density at radius 2 is 1.83 bits per heavy atom. The number of fused-ring (bicyclic) bond motifs is 1. The predicted molar refractivity (Wildman–Crippen MR) is 120 cm³/mol. The molecule has 0 saturated carbocycles. The Morgan fingerprint density at radius 3 is 2.50 bits per heavy atom. The molecule has 8 nitrogen and oxygen atoms in total. The molecule has 1 aromatic carbocycles. The van der Waals surface area contributed by atoms with Crippen LogP contribution in [0.1, 0.15) is 12.5 Å². The summed E-state index contributed by atoms with van der Waals surface area (Å²) in [5.74, 6) is 7.39.